The average molecular weight is 518 g/mol. The van der Waals surface area contributed by atoms with Gasteiger partial charge in [-0.25, -0.2) is 0 Å². The van der Waals surface area contributed by atoms with Crippen molar-refractivity contribution in [3.8, 4) is 0 Å². The first-order chi connectivity index (χ1) is 16.7. The molecule has 0 fully saturated rings. The molecule has 0 heterocycles. The Morgan fingerprint density at radius 3 is 2.03 bits per heavy atom. The predicted molar refractivity (Wildman–Crippen MR) is 143 cm³/mol. The summed E-state index contributed by atoms with van der Waals surface area (Å²) in [5.41, 5.74) is 0. The molecule has 0 bridgehead atoms. The maximum atomic E-state index is 11.9. The van der Waals surface area contributed by atoms with Crippen LogP contribution in [0.4, 0.5) is 0 Å². The van der Waals surface area contributed by atoms with Crippen LogP contribution in [-0.2, 0) is 23.1 Å². The number of unbranched alkanes of at least 4 members (excludes halogenated alkanes) is 6. The molecular weight excluding hydrogens is 465 g/mol. The van der Waals surface area contributed by atoms with E-state index in [0.29, 0.717) is 24.2 Å². The summed E-state index contributed by atoms with van der Waals surface area (Å²) in [6.07, 6.45) is 24.4. The Bertz CT molecular complexity index is 615. The van der Waals surface area contributed by atoms with Gasteiger partial charge in [-0.2, -0.15) is 0 Å². The lowest BCUT2D eigenvalue weighted by molar-refractivity contribution is -0.870. The molecule has 206 valence electrons. The fraction of sp³-hybridized carbons (Fsp3) is 0.778. The molecule has 7 nitrogen and oxygen atoms in total. The summed E-state index contributed by atoms with van der Waals surface area (Å²) < 4.78 is 33.2. The lowest BCUT2D eigenvalue weighted by atomic mass is 10.1. The summed E-state index contributed by atoms with van der Waals surface area (Å²) in [6.45, 7) is 3.64. The zero-order valence-corrected chi connectivity index (χ0v) is 23.9. The van der Waals surface area contributed by atoms with Gasteiger partial charge < -0.3 is 27.9 Å². The second-order valence-electron chi connectivity index (χ2n) is 9.73. The highest BCUT2D eigenvalue weighted by Crippen LogP contribution is 2.38. The number of hydrogen-bond donors (Lipinski definition) is 0. The molecule has 0 spiro atoms. The van der Waals surface area contributed by atoms with Gasteiger partial charge in [-0.3, -0.25) is 4.57 Å². The highest BCUT2D eigenvalue weighted by Gasteiger charge is 2.16. The third-order valence-electron chi connectivity index (χ3n) is 5.26. The lowest BCUT2D eigenvalue weighted by Crippen LogP contribution is -2.37. The van der Waals surface area contributed by atoms with Crippen LogP contribution in [0.25, 0.3) is 0 Å². The van der Waals surface area contributed by atoms with Gasteiger partial charge in [0.05, 0.1) is 34.4 Å². The number of quaternary nitrogens is 1. The first kappa shape index (κ1) is 34.2. The summed E-state index contributed by atoms with van der Waals surface area (Å²) in [7, 11) is 3.08. The van der Waals surface area contributed by atoms with Crippen molar-refractivity contribution in [3.63, 3.8) is 0 Å². The molecule has 0 saturated heterocycles. The van der Waals surface area contributed by atoms with E-state index in [1.165, 1.54) is 32.8 Å². The van der Waals surface area contributed by atoms with Gasteiger partial charge in [0.15, 0.2) is 0 Å². The van der Waals surface area contributed by atoms with E-state index in [0.717, 1.165) is 38.5 Å². The van der Waals surface area contributed by atoms with Gasteiger partial charge in [0.2, 0.25) is 0 Å². The van der Waals surface area contributed by atoms with Crippen LogP contribution in [0.3, 0.4) is 0 Å². The van der Waals surface area contributed by atoms with Gasteiger partial charge in [-0.05, 0) is 38.5 Å². The average Bonchev–Trinajstić information content (AvgIpc) is 2.79. The lowest BCUT2D eigenvalue weighted by Gasteiger charge is -2.28. The molecule has 0 aromatic rings. The van der Waals surface area contributed by atoms with Crippen LogP contribution < -0.4 is 4.89 Å². The number of hydrogen-bond acceptors (Lipinski definition) is 6. The molecule has 2 atom stereocenters. The van der Waals surface area contributed by atoms with Crippen molar-refractivity contribution in [1.82, 2.24) is 0 Å². The SMILES string of the molecule is CC/C=C\C/C=C\C/C=C\CCCCCCCCOCC(COP(=O)([O-])OCC[N+](C)(C)C)OC. The minimum atomic E-state index is -4.33. The molecule has 0 N–H and O–H groups in total. The number of rotatable bonds is 24. The van der Waals surface area contributed by atoms with Crippen molar-refractivity contribution in [1.29, 1.82) is 0 Å². The zero-order valence-electron chi connectivity index (χ0n) is 23.0. The van der Waals surface area contributed by atoms with E-state index in [2.05, 4.69) is 43.4 Å². The molecule has 8 heteroatoms. The molecular formula is C27H52NO6P. The normalized spacial score (nSPS) is 15.5. The summed E-state index contributed by atoms with van der Waals surface area (Å²) in [5.74, 6) is 0. The maximum Gasteiger partial charge on any atom is 0.268 e. The number of ether oxygens (including phenoxy) is 2. The van der Waals surface area contributed by atoms with Gasteiger partial charge in [-0.15, -0.1) is 0 Å². The molecule has 0 aliphatic rings. The molecule has 0 radical (unpaired) electrons. The van der Waals surface area contributed by atoms with Crippen molar-refractivity contribution < 1.29 is 32.5 Å². The second kappa shape index (κ2) is 22.4. The minimum Gasteiger partial charge on any atom is -0.756 e. The van der Waals surface area contributed by atoms with Crippen LogP contribution in [0.15, 0.2) is 36.5 Å². The molecule has 0 rings (SSSR count). The fourth-order valence-electron chi connectivity index (χ4n) is 3.04. The molecule has 2 unspecified atom stereocenters. The second-order valence-corrected chi connectivity index (χ2v) is 11.1. The van der Waals surface area contributed by atoms with Crippen molar-refractivity contribution in [2.24, 2.45) is 0 Å². The zero-order chi connectivity index (χ0) is 26.3. The van der Waals surface area contributed by atoms with Gasteiger partial charge in [0.25, 0.3) is 7.82 Å². The summed E-state index contributed by atoms with van der Waals surface area (Å²) in [4.78, 5) is 11.9. The van der Waals surface area contributed by atoms with Crippen LogP contribution in [0.5, 0.6) is 0 Å². The Kier molecular flexibility index (Phi) is 21.9. The van der Waals surface area contributed by atoms with Crippen molar-refractivity contribution in [2.75, 3.05) is 61.2 Å². The molecule has 0 amide bonds. The minimum absolute atomic E-state index is 0.0875. The molecule has 0 aliphatic carbocycles. The third kappa shape index (κ3) is 26.1. The van der Waals surface area contributed by atoms with Gasteiger partial charge in [-0.1, -0.05) is 69.1 Å². The molecule has 0 aromatic carbocycles. The fourth-order valence-corrected chi connectivity index (χ4v) is 3.77. The first-order valence-corrected chi connectivity index (χ1v) is 14.6. The van der Waals surface area contributed by atoms with Crippen molar-refractivity contribution >= 4 is 7.82 Å². The molecule has 0 saturated carbocycles. The summed E-state index contributed by atoms with van der Waals surface area (Å²) >= 11 is 0. The number of allylic oxidation sites excluding steroid dienone is 6. The topological polar surface area (TPSA) is 77.1 Å². The summed E-state index contributed by atoms with van der Waals surface area (Å²) in [6, 6.07) is 0. The Morgan fingerprint density at radius 2 is 1.40 bits per heavy atom. The van der Waals surface area contributed by atoms with E-state index < -0.39 is 13.9 Å². The van der Waals surface area contributed by atoms with Gasteiger partial charge >= 0.3 is 0 Å². The Morgan fingerprint density at radius 1 is 0.800 bits per heavy atom. The molecule has 35 heavy (non-hydrogen) atoms. The molecule has 0 aromatic heterocycles. The third-order valence-corrected chi connectivity index (χ3v) is 6.22. The van der Waals surface area contributed by atoms with Gasteiger partial charge in [0.1, 0.15) is 19.3 Å². The monoisotopic (exact) mass is 517 g/mol. The van der Waals surface area contributed by atoms with E-state index >= 15 is 0 Å². The summed E-state index contributed by atoms with van der Waals surface area (Å²) in [5, 5.41) is 0. The standard InChI is InChI=1S/C27H52NO6P/c1-6-7-8-9-10-11-12-13-14-15-16-17-18-19-20-21-23-32-25-27(31-5)26-34-35(29,30)33-24-22-28(2,3)4/h7-8,10-11,13-14,27H,6,9,12,15-26H2,1-5H3/b8-7-,11-10-,14-13-. The van der Waals surface area contributed by atoms with E-state index in [1.807, 2.05) is 21.1 Å². The Balaban J connectivity index is 3.62. The van der Waals surface area contributed by atoms with E-state index in [9.17, 15) is 9.46 Å². The van der Waals surface area contributed by atoms with Crippen LogP contribution >= 0.6 is 7.82 Å². The number of phosphoric ester groups is 1. The van der Waals surface area contributed by atoms with E-state index in [4.69, 9.17) is 18.5 Å². The largest absolute Gasteiger partial charge is 0.756 e. The van der Waals surface area contributed by atoms with Crippen LogP contribution in [-0.4, -0.2) is 71.8 Å². The number of methoxy groups -OCH3 is 1. The van der Waals surface area contributed by atoms with Crippen molar-refractivity contribution in [3.05, 3.63) is 36.5 Å². The Labute approximate surface area is 215 Å². The van der Waals surface area contributed by atoms with Gasteiger partial charge in [0, 0.05) is 13.7 Å². The number of likely N-dealkylation sites (N-methyl/N-ethyl adjacent to an activating group) is 1. The highest BCUT2D eigenvalue weighted by atomic mass is 31.2. The smallest absolute Gasteiger partial charge is 0.268 e. The Hall–Kier alpha value is -0.790. The number of nitrogens with zero attached hydrogens (tertiary/aromatic N) is 1. The van der Waals surface area contributed by atoms with Crippen LogP contribution in [0.2, 0.25) is 0 Å². The number of phosphoric acid groups is 1. The van der Waals surface area contributed by atoms with Crippen LogP contribution in [0.1, 0.15) is 71.1 Å². The predicted octanol–water partition coefficient (Wildman–Crippen LogP) is 5.82. The quantitative estimate of drug-likeness (QED) is 0.0695. The van der Waals surface area contributed by atoms with E-state index in [1.54, 1.807) is 0 Å². The van der Waals surface area contributed by atoms with Crippen LogP contribution in [0, 0.1) is 0 Å². The highest BCUT2D eigenvalue weighted by molar-refractivity contribution is 7.45. The maximum absolute atomic E-state index is 11.9. The molecule has 0 aliphatic heterocycles. The van der Waals surface area contributed by atoms with Crippen molar-refractivity contribution in [2.45, 2.75) is 77.2 Å². The first-order valence-electron chi connectivity index (χ1n) is 13.2. The van der Waals surface area contributed by atoms with E-state index in [-0.39, 0.29) is 13.2 Å².